The first-order chi connectivity index (χ1) is 11.0. The molecule has 1 N–H and O–H groups in total. The van der Waals surface area contributed by atoms with Crippen molar-refractivity contribution in [3.8, 4) is 17.2 Å². The smallest absolute Gasteiger partial charge is 0.335 e. The van der Waals surface area contributed by atoms with E-state index < -0.39 is 5.97 Å². The molecule has 2 heterocycles. The van der Waals surface area contributed by atoms with Gasteiger partial charge in [0, 0.05) is 12.1 Å². The van der Waals surface area contributed by atoms with Crippen LogP contribution in [0.1, 0.15) is 11.1 Å². The third-order valence-corrected chi connectivity index (χ3v) is 4.08. The Kier molecular flexibility index (Phi) is 2.60. The molecule has 0 unspecified atom stereocenters. The van der Waals surface area contributed by atoms with Crippen molar-refractivity contribution in [3.63, 3.8) is 0 Å². The number of hydrogen-bond donors (Lipinski definition) is 1. The minimum Gasteiger partial charge on any atom is -0.506 e. The molecule has 0 aliphatic heterocycles. The Morgan fingerprint density at radius 3 is 2.57 bits per heavy atom. The van der Waals surface area contributed by atoms with Crippen molar-refractivity contribution >= 4 is 17.0 Å². The summed E-state index contributed by atoms with van der Waals surface area (Å²) in [6, 6.07) is 9.09. The highest BCUT2D eigenvalue weighted by molar-refractivity contribution is 5.86. The number of benzene rings is 2. The van der Waals surface area contributed by atoms with E-state index in [1.54, 1.807) is 18.2 Å². The van der Waals surface area contributed by atoms with Gasteiger partial charge >= 0.3 is 5.97 Å². The van der Waals surface area contributed by atoms with E-state index in [2.05, 4.69) is 6.58 Å². The molecule has 0 saturated carbocycles. The van der Waals surface area contributed by atoms with E-state index >= 15 is 0 Å². The number of esters is 1. The Bertz CT molecular complexity index is 1060. The summed E-state index contributed by atoms with van der Waals surface area (Å²) >= 11 is 0. The Hall–Kier alpha value is -3.15. The molecule has 0 atom stereocenters. The number of carbonyl (C=O) groups is 1. The van der Waals surface area contributed by atoms with Crippen LogP contribution in [0.25, 0.3) is 16.7 Å². The van der Waals surface area contributed by atoms with Crippen LogP contribution in [0.3, 0.4) is 0 Å². The Balaban J connectivity index is 1.79. The summed E-state index contributed by atoms with van der Waals surface area (Å²) in [7, 11) is 0. The van der Waals surface area contributed by atoms with Gasteiger partial charge in [-0.2, -0.15) is 0 Å². The summed E-state index contributed by atoms with van der Waals surface area (Å²) in [5, 5.41) is 10.2. The van der Waals surface area contributed by atoms with E-state index in [0.29, 0.717) is 11.4 Å². The number of fused-ring (bicyclic) bond motifs is 4. The number of phenols is 1. The zero-order chi connectivity index (χ0) is 16.3. The minimum atomic E-state index is -0.490. The van der Waals surface area contributed by atoms with Crippen molar-refractivity contribution < 1.29 is 14.6 Å². The molecule has 0 saturated heterocycles. The molecule has 0 aliphatic carbocycles. The fraction of sp³-hybridized carbons (Fsp3) is 0.118. The fourth-order valence-corrected chi connectivity index (χ4v) is 2.69. The number of rotatable bonds is 3. The van der Waals surface area contributed by atoms with Crippen LogP contribution >= 0.6 is 0 Å². The lowest BCUT2D eigenvalue weighted by Gasteiger charge is -2.03. The highest BCUT2D eigenvalue weighted by atomic mass is 16.5. The first-order valence-electron chi connectivity index (χ1n) is 7.20. The van der Waals surface area contributed by atoms with Crippen LogP contribution in [0.15, 0.2) is 43.0 Å². The van der Waals surface area contributed by atoms with Crippen molar-refractivity contribution in [3.05, 3.63) is 54.1 Å². The molecule has 4 rings (SSSR count). The van der Waals surface area contributed by atoms with Gasteiger partial charge in [-0.25, -0.2) is 4.79 Å². The van der Waals surface area contributed by atoms with Crippen LogP contribution in [-0.2, 0) is 4.79 Å². The van der Waals surface area contributed by atoms with Crippen molar-refractivity contribution in [2.45, 2.75) is 13.8 Å². The topological polar surface area (TPSA) is 60.3 Å². The first-order valence-corrected chi connectivity index (χ1v) is 7.20. The van der Waals surface area contributed by atoms with Gasteiger partial charge in [0.1, 0.15) is 28.2 Å². The molecule has 0 aliphatic rings. The number of hydrogen-bond acceptors (Lipinski definition) is 3. The summed E-state index contributed by atoms with van der Waals surface area (Å²) < 4.78 is 8.95. The predicted molar refractivity (Wildman–Crippen MR) is 85.8 cm³/mol. The van der Waals surface area contributed by atoms with E-state index in [4.69, 9.17) is 4.74 Å². The zero-order valence-corrected chi connectivity index (χ0v) is 12.8. The lowest BCUT2D eigenvalue weighted by molar-refractivity contribution is -0.128. The summed E-state index contributed by atoms with van der Waals surface area (Å²) in [4.78, 5) is 13.1. The van der Waals surface area contributed by atoms with Crippen molar-refractivity contribution in [2.75, 3.05) is 0 Å². The summed E-state index contributed by atoms with van der Waals surface area (Å²) in [6.45, 7) is 7.35. The molecule has 0 radical (unpaired) electrons. The number of phenolic OH excluding ortho intramolecular Hbond substituents is 1. The Labute approximate surface area is 131 Å². The molecule has 23 heavy (non-hydrogen) atoms. The largest absolute Gasteiger partial charge is 0.506 e. The number of carbonyl (C=O) groups excluding carboxylic acids is 1. The fourth-order valence-electron chi connectivity index (χ4n) is 2.69. The quantitative estimate of drug-likeness (QED) is 0.360. The number of ether oxygens (including phenoxy) is 1. The molecule has 0 bridgehead atoms. The number of aromatic hydroxyl groups is 1. The van der Waals surface area contributed by atoms with Gasteiger partial charge in [0.2, 0.25) is 0 Å². The minimum absolute atomic E-state index is 0.228. The van der Waals surface area contributed by atoms with E-state index in [0.717, 1.165) is 28.2 Å². The molecule has 4 aromatic rings. The monoisotopic (exact) mass is 309 g/mol. The van der Waals surface area contributed by atoms with Crippen LogP contribution in [0, 0.1) is 13.8 Å². The van der Waals surface area contributed by atoms with Gasteiger partial charge in [-0.1, -0.05) is 6.58 Å². The van der Waals surface area contributed by atoms with Crippen LogP contribution in [0.5, 0.6) is 11.5 Å². The maximum atomic E-state index is 11.3. The maximum Gasteiger partial charge on any atom is 0.335 e. The van der Waals surface area contributed by atoms with Gasteiger partial charge in [-0.05, 0) is 49.2 Å². The summed E-state index contributed by atoms with van der Waals surface area (Å²) in [6.07, 6.45) is 1.13. The lowest BCUT2D eigenvalue weighted by Crippen LogP contribution is -2.03. The van der Waals surface area contributed by atoms with Gasteiger partial charge in [-0.3, -0.25) is 0 Å². The molecule has 6 heteroatoms. The van der Waals surface area contributed by atoms with Gasteiger partial charge in [0.15, 0.2) is 0 Å². The standard InChI is InChI=1S/C17H15N3O3/c1-4-17(22)23-12-5-6-13-14(9-12)19-18(13)20(19)15-7-10(2)11(3)8-16(15)21/h4-9,21H,1H2,2-3H3. The molecule has 2 aromatic heterocycles. The third kappa shape index (κ3) is 1.85. The maximum absolute atomic E-state index is 11.3. The number of aryl methyl sites for hydroxylation is 2. The summed E-state index contributed by atoms with van der Waals surface area (Å²) in [5.41, 5.74) is 4.77. The average molecular weight is 309 g/mol. The van der Waals surface area contributed by atoms with Crippen molar-refractivity contribution in [2.24, 2.45) is 0 Å². The van der Waals surface area contributed by atoms with Crippen LogP contribution in [-0.4, -0.2) is 25.1 Å². The van der Waals surface area contributed by atoms with Gasteiger partial charge < -0.3 is 9.84 Å². The second-order valence-corrected chi connectivity index (χ2v) is 5.57. The third-order valence-electron chi connectivity index (χ3n) is 4.08. The normalized spacial score (nSPS) is 11.6. The van der Waals surface area contributed by atoms with Crippen LogP contribution in [0.2, 0.25) is 0 Å². The zero-order valence-electron chi connectivity index (χ0n) is 12.8. The molecule has 2 aromatic carbocycles. The Morgan fingerprint density at radius 1 is 1.13 bits per heavy atom. The SMILES string of the molecule is C=CC(=O)Oc1ccc2c(c1)n1n(-c3cc(C)c(C)cc3O)n21. The average Bonchev–Trinajstić information content (AvgIpc) is 3.17. The van der Waals surface area contributed by atoms with Gasteiger partial charge in [0.25, 0.3) is 0 Å². The van der Waals surface area contributed by atoms with Gasteiger partial charge in [-0.15, -0.1) is 14.1 Å². The second kappa shape index (κ2) is 4.42. The Morgan fingerprint density at radius 2 is 1.83 bits per heavy atom. The lowest BCUT2D eigenvalue weighted by atomic mass is 10.1. The summed E-state index contributed by atoms with van der Waals surface area (Å²) in [5.74, 6) is 0.201. The molecule has 116 valence electrons. The van der Waals surface area contributed by atoms with Crippen LogP contribution < -0.4 is 4.74 Å². The number of aromatic nitrogens is 3. The molecule has 0 amide bonds. The highest BCUT2D eigenvalue weighted by Gasteiger charge is 2.26. The van der Waals surface area contributed by atoms with Crippen LogP contribution in [0.4, 0.5) is 0 Å². The van der Waals surface area contributed by atoms with Crippen molar-refractivity contribution in [1.29, 1.82) is 0 Å². The molecular formula is C17H15N3O3. The predicted octanol–water partition coefficient (Wildman–Crippen LogP) is 2.83. The number of nitrogens with zero attached hydrogens (tertiary/aromatic N) is 3. The molecule has 0 spiro atoms. The van der Waals surface area contributed by atoms with E-state index in [1.165, 1.54) is 0 Å². The van der Waals surface area contributed by atoms with Crippen molar-refractivity contribution in [1.82, 2.24) is 14.1 Å². The molecule has 6 nitrogen and oxygen atoms in total. The molecule has 0 fully saturated rings. The van der Waals surface area contributed by atoms with E-state index in [9.17, 15) is 9.90 Å². The van der Waals surface area contributed by atoms with E-state index in [-0.39, 0.29) is 5.75 Å². The first kappa shape index (κ1) is 13.5. The second-order valence-electron chi connectivity index (χ2n) is 5.57. The van der Waals surface area contributed by atoms with E-state index in [1.807, 2.05) is 40.0 Å². The highest BCUT2D eigenvalue weighted by Crippen LogP contribution is 2.33. The van der Waals surface area contributed by atoms with Gasteiger partial charge in [0.05, 0.1) is 0 Å². The molecular weight excluding hydrogens is 294 g/mol.